The van der Waals surface area contributed by atoms with Gasteiger partial charge in [-0.2, -0.15) is 0 Å². The fourth-order valence-corrected chi connectivity index (χ4v) is 3.52. The average molecular weight is 416 g/mol. The lowest BCUT2D eigenvalue weighted by atomic mass is 9.95. The van der Waals surface area contributed by atoms with Crippen LogP contribution in [0.15, 0.2) is 29.1 Å². The largest absolute Gasteiger partial charge is 0.379 e. The van der Waals surface area contributed by atoms with Crippen molar-refractivity contribution >= 4 is 5.91 Å². The summed E-state index contributed by atoms with van der Waals surface area (Å²) in [6.07, 6.45) is 0. The number of carbonyl (C=O) groups is 1. The van der Waals surface area contributed by atoms with Crippen molar-refractivity contribution in [3.8, 4) is 0 Å². The van der Waals surface area contributed by atoms with Crippen LogP contribution in [0.4, 0.5) is 4.39 Å². The minimum absolute atomic E-state index is 0.0165. The molecule has 1 amide bonds. The molecule has 2 heterocycles. The Balaban J connectivity index is 1.80. The highest BCUT2D eigenvalue weighted by Crippen LogP contribution is 2.22. The zero-order valence-corrected chi connectivity index (χ0v) is 17.9. The zero-order chi connectivity index (χ0) is 21.9. The lowest BCUT2D eigenvalue weighted by Gasteiger charge is -2.35. The quantitative estimate of drug-likeness (QED) is 0.781. The summed E-state index contributed by atoms with van der Waals surface area (Å²) in [6, 6.07) is 6.11. The highest BCUT2D eigenvalue weighted by molar-refractivity contribution is 5.94. The third-order valence-electron chi connectivity index (χ3n) is 5.23. The Morgan fingerprint density at radius 3 is 2.47 bits per heavy atom. The standard InChI is InChI=1S/C22H29FN4O3/c1-14-18(20(29)26-21(25-14)22(2,3)4)19(28)24-13-17(27-9-11-30-12-10-27)15-5-7-16(23)8-6-15/h5-8,17H,9-13H2,1-4H3,(H,24,28)(H,25,26,29). The molecule has 1 aliphatic rings. The predicted molar refractivity (Wildman–Crippen MR) is 112 cm³/mol. The maximum Gasteiger partial charge on any atom is 0.264 e. The fourth-order valence-electron chi connectivity index (χ4n) is 3.52. The summed E-state index contributed by atoms with van der Waals surface area (Å²) in [4.78, 5) is 34.8. The van der Waals surface area contributed by atoms with Gasteiger partial charge >= 0.3 is 0 Å². The molecule has 1 aromatic heterocycles. The van der Waals surface area contributed by atoms with Gasteiger partial charge in [-0.3, -0.25) is 14.5 Å². The van der Waals surface area contributed by atoms with Gasteiger partial charge in [0, 0.05) is 25.0 Å². The highest BCUT2D eigenvalue weighted by Gasteiger charge is 2.26. The molecule has 8 heteroatoms. The molecule has 0 aliphatic carbocycles. The second-order valence-corrected chi connectivity index (χ2v) is 8.55. The number of aromatic nitrogens is 2. The number of hydrogen-bond donors (Lipinski definition) is 2. The fraction of sp³-hybridized carbons (Fsp3) is 0.500. The Morgan fingerprint density at radius 2 is 1.90 bits per heavy atom. The lowest BCUT2D eigenvalue weighted by molar-refractivity contribution is 0.0162. The second kappa shape index (κ2) is 9.06. The molecule has 7 nitrogen and oxygen atoms in total. The van der Waals surface area contributed by atoms with Gasteiger partial charge < -0.3 is 15.0 Å². The summed E-state index contributed by atoms with van der Waals surface area (Å²) in [6.45, 7) is 10.4. The Kier molecular flexibility index (Phi) is 6.67. The number of rotatable bonds is 5. The van der Waals surface area contributed by atoms with Gasteiger partial charge in [0.2, 0.25) is 0 Å². The molecule has 1 atom stereocenters. The van der Waals surface area contributed by atoms with E-state index in [0.29, 0.717) is 37.8 Å². The normalized spacial score (nSPS) is 16.3. The second-order valence-electron chi connectivity index (χ2n) is 8.55. The molecule has 0 saturated carbocycles. The number of aromatic amines is 1. The number of hydrogen-bond acceptors (Lipinski definition) is 5. The van der Waals surface area contributed by atoms with E-state index >= 15 is 0 Å². The van der Waals surface area contributed by atoms with Crippen LogP contribution in [-0.4, -0.2) is 53.6 Å². The molecule has 1 unspecified atom stereocenters. The Labute approximate surface area is 175 Å². The van der Waals surface area contributed by atoms with E-state index < -0.39 is 11.5 Å². The molecule has 2 aromatic rings. The van der Waals surface area contributed by atoms with Gasteiger partial charge in [-0.1, -0.05) is 32.9 Å². The Bertz CT molecular complexity index is 944. The van der Waals surface area contributed by atoms with Crippen molar-refractivity contribution < 1.29 is 13.9 Å². The number of H-pyrrole nitrogens is 1. The molecule has 1 saturated heterocycles. The first-order valence-corrected chi connectivity index (χ1v) is 10.1. The topological polar surface area (TPSA) is 87.3 Å². The molecule has 1 aliphatic heterocycles. The number of nitrogens with one attached hydrogen (secondary N) is 2. The van der Waals surface area contributed by atoms with E-state index in [1.165, 1.54) is 12.1 Å². The lowest BCUT2D eigenvalue weighted by Crippen LogP contribution is -2.44. The molecule has 1 aromatic carbocycles. The van der Waals surface area contributed by atoms with E-state index in [1.807, 2.05) is 20.8 Å². The van der Waals surface area contributed by atoms with Gasteiger partial charge in [0.05, 0.1) is 24.9 Å². The molecule has 162 valence electrons. The first-order chi connectivity index (χ1) is 14.2. The van der Waals surface area contributed by atoms with Crippen LogP contribution >= 0.6 is 0 Å². The molecular weight excluding hydrogens is 387 g/mol. The van der Waals surface area contributed by atoms with Crippen molar-refractivity contribution in [2.24, 2.45) is 0 Å². The molecular formula is C22H29FN4O3. The number of nitrogens with zero attached hydrogens (tertiary/aromatic N) is 2. The molecule has 3 rings (SSSR count). The van der Waals surface area contributed by atoms with Crippen LogP contribution in [0, 0.1) is 12.7 Å². The number of morpholine rings is 1. The van der Waals surface area contributed by atoms with E-state index in [9.17, 15) is 14.0 Å². The van der Waals surface area contributed by atoms with Gasteiger partial charge in [-0.15, -0.1) is 0 Å². The molecule has 0 radical (unpaired) electrons. The number of aryl methyl sites for hydroxylation is 1. The summed E-state index contributed by atoms with van der Waals surface area (Å²) in [7, 11) is 0. The number of halogens is 1. The minimum atomic E-state index is -0.470. The number of ether oxygens (including phenoxy) is 1. The van der Waals surface area contributed by atoms with Crippen LogP contribution < -0.4 is 10.9 Å². The van der Waals surface area contributed by atoms with Gasteiger partial charge in [-0.25, -0.2) is 9.37 Å². The van der Waals surface area contributed by atoms with E-state index in [2.05, 4.69) is 20.2 Å². The monoisotopic (exact) mass is 416 g/mol. The zero-order valence-electron chi connectivity index (χ0n) is 17.9. The van der Waals surface area contributed by atoms with E-state index in [0.717, 1.165) is 5.56 Å². The van der Waals surface area contributed by atoms with E-state index in [1.54, 1.807) is 19.1 Å². The van der Waals surface area contributed by atoms with Crippen LogP contribution in [0.5, 0.6) is 0 Å². The van der Waals surface area contributed by atoms with Crippen molar-refractivity contribution in [2.45, 2.75) is 39.2 Å². The number of benzene rings is 1. The Morgan fingerprint density at radius 1 is 1.27 bits per heavy atom. The van der Waals surface area contributed by atoms with Crippen LogP contribution in [-0.2, 0) is 10.2 Å². The molecule has 2 N–H and O–H groups in total. The SMILES string of the molecule is Cc1nc(C(C)(C)C)[nH]c(=O)c1C(=O)NCC(c1ccc(F)cc1)N1CCOCC1. The summed E-state index contributed by atoms with van der Waals surface area (Å²) >= 11 is 0. The van der Waals surface area contributed by atoms with Crippen LogP contribution in [0.3, 0.4) is 0 Å². The van der Waals surface area contributed by atoms with Crippen LogP contribution in [0.2, 0.25) is 0 Å². The molecule has 1 fully saturated rings. The van der Waals surface area contributed by atoms with E-state index in [4.69, 9.17) is 4.74 Å². The smallest absolute Gasteiger partial charge is 0.264 e. The molecule has 30 heavy (non-hydrogen) atoms. The highest BCUT2D eigenvalue weighted by atomic mass is 19.1. The first kappa shape index (κ1) is 22.1. The number of amides is 1. The van der Waals surface area contributed by atoms with Crippen molar-refractivity contribution in [1.82, 2.24) is 20.2 Å². The van der Waals surface area contributed by atoms with Gasteiger partial charge in [0.1, 0.15) is 17.2 Å². The summed E-state index contributed by atoms with van der Waals surface area (Å²) in [5.41, 5.74) is 0.525. The van der Waals surface area contributed by atoms with Gasteiger partial charge in [0.25, 0.3) is 11.5 Å². The predicted octanol–water partition coefficient (Wildman–Crippen LogP) is 2.32. The summed E-state index contributed by atoms with van der Waals surface area (Å²) < 4.78 is 18.8. The third-order valence-corrected chi connectivity index (χ3v) is 5.23. The van der Waals surface area contributed by atoms with Crippen LogP contribution in [0.25, 0.3) is 0 Å². The van der Waals surface area contributed by atoms with Crippen molar-refractivity contribution in [3.63, 3.8) is 0 Å². The maximum absolute atomic E-state index is 13.4. The van der Waals surface area contributed by atoms with Crippen molar-refractivity contribution in [1.29, 1.82) is 0 Å². The van der Waals surface area contributed by atoms with Gasteiger partial charge in [-0.05, 0) is 24.6 Å². The molecule has 0 spiro atoms. The van der Waals surface area contributed by atoms with E-state index in [-0.39, 0.29) is 29.4 Å². The molecule has 0 bridgehead atoms. The van der Waals surface area contributed by atoms with Crippen LogP contribution in [0.1, 0.15) is 54.3 Å². The van der Waals surface area contributed by atoms with Crippen molar-refractivity contribution in [3.05, 3.63) is 63.1 Å². The van der Waals surface area contributed by atoms with Crippen molar-refractivity contribution in [2.75, 3.05) is 32.8 Å². The first-order valence-electron chi connectivity index (χ1n) is 10.1. The summed E-state index contributed by atoms with van der Waals surface area (Å²) in [5.74, 6) is -0.239. The summed E-state index contributed by atoms with van der Waals surface area (Å²) in [5, 5.41) is 2.87. The minimum Gasteiger partial charge on any atom is -0.379 e. The number of carbonyl (C=O) groups excluding carboxylic acids is 1. The van der Waals surface area contributed by atoms with Gasteiger partial charge in [0.15, 0.2) is 0 Å². The maximum atomic E-state index is 13.4. The third kappa shape index (κ3) is 5.12. The Hall–Kier alpha value is -2.58. The average Bonchev–Trinajstić information content (AvgIpc) is 2.69.